The van der Waals surface area contributed by atoms with Gasteiger partial charge in [0.15, 0.2) is 0 Å². The van der Waals surface area contributed by atoms with Crippen LogP contribution in [0.2, 0.25) is 0 Å². The lowest BCUT2D eigenvalue weighted by atomic mass is 10.4. The molecule has 2 rings (SSSR count). The van der Waals surface area contributed by atoms with Crippen molar-refractivity contribution in [2.75, 3.05) is 19.0 Å². The Morgan fingerprint density at radius 3 is 3.00 bits per heavy atom. The molecule has 0 spiro atoms. The third-order valence-corrected chi connectivity index (χ3v) is 2.48. The van der Waals surface area contributed by atoms with E-state index in [4.69, 9.17) is 4.74 Å². The molecule has 1 N–H and O–H groups in total. The Morgan fingerprint density at radius 1 is 1.44 bits per heavy atom. The van der Waals surface area contributed by atoms with Crippen molar-refractivity contribution in [2.45, 2.75) is 26.4 Å². The summed E-state index contributed by atoms with van der Waals surface area (Å²) in [6.45, 7) is 5.57. The van der Waals surface area contributed by atoms with Gasteiger partial charge in [0, 0.05) is 31.7 Å². The predicted molar refractivity (Wildman–Crippen MR) is 70.0 cm³/mol. The van der Waals surface area contributed by atoms with Gasteiger partial charge in [0.25, 0.3) is 0 Å². The smallest absolute Gasteiger partial charge is 0.207 e. The van der Waals surface area contributed by atoms with Gasteiger partial charge in [-0.3, -0.25) is 9.25 Å². The van der Waals surface area contributed by atoms with Crippen LogP contribution in [-0.4, -0.2) is 39.1 Å². The van der Waals surface area contributed by atoms with Gasteiger partial charge in [-0.2, -0.15) is 5.10 Å². The number of imidazole rings is 1. The van der Waals surface area contributed by atoms with Crippen molar-refractivity contribution in [3.05, 3.63) is 24.8 Å². The molecule has 0 aliphatic heterocycles. The van der Waals surface area contributed by atoms with Gasteiger partial charge in [-0.15, -0.1) is 0 Å². The summed E-state index contributed by atoms with van der Waals surface area (Å²) >= 11 is 0. The predicted octanol–water partition coefficient (Wildman–Crippen LogP) is 1.54. The van der Waals surface area contributed by atoms with E-state index in [2.05, 4.69) is 29.2 Å². The molecule has 98 valence electrons. The van der Waals surface area contributed by atoms with Crippen LogP contribution in [0.3, 0.4) is 0 Å². The van der Waals surface area contributed by atoms with Crippen LogP contribution in [0.4, 0.5) is 5.95 Å². The molecule has 0 saturated carbocycles. The fourth-order valence-corrected chi connectivity index (χ4v) is 1.66. The highest BCUT2D eigenvalue weighted by atomic mass is 16.5. The standard InChI is InChI=1S/C12H19N5O/c1-10(2)15-12-13-4-5-17(12)11-8-14-16(9-11)6-7-18-3/h4-5,8-10H,6-7H2,1-3H3,(H,13,15). The summed E-state index contributed by atoms with van der Waals surface area (Å²) in [6, 6.07) is 0.342. The van der Waals surface area contributed by atoms with E-state index in [-0.39, 0.29) is 0 Å². The average Bonchev–Trinajstić information content (AvgIpc) is 2.93. The minimum atomic E-state index is 0.342. The molecule has 2 aromatic heterocycles. The lowest BCUT2D eigenvalue weighted by molar-refractivity contribution is 0.183. The Kier molecular flexibility index (Phi) is 3.99. The van der Waals surface area contributed by atoms with Gasteiger partial charge in [0.2, 0.25) is 5.95 Å². The molecule has 0 atom stereocenters. The van der Waals surface area contributed by atoms with Crippen LogP contribution in [0.5, 0.6) is 0 Å². The first-order chi connectivity index (χ1) is 8.70. The molecule has 0 amide bonds. The van der Waals surface area contributed by atoms with Gasteiger partial charge in [0.1, 0.15) is 0 Å². The summed E-state index contributed by atoms with van der Waals surface area (Å²) in [6.07, 6.45) is 7.49. The molecule has 2 heterocycles. The first kappa shape index (κ1) is 12.6. The summed E-state index contributed by atoms with van der Waals surface area (Å²) in [5.41, 5.74) is 0.992. The van der Waals surface area contributed by atoms with Gasteiger partial charge >= 0.3 is 0 Å². The molecule has 0 fully saturated rings. The van der Waals surface area contributed by atoms with Gasteiger partial charge in [0.05, 0.1) is 25.0 Å². The van der Waals surface area contributed by atoms with Crippen LogP contribution in [0.15, 0.2) is 24.8 Å². The summed E-state index contributed by atoms with van der Waals surface area (Å²) in [4.78, 5) is 4.29. The highest BCUT2D eigenvalue weighted by molar-refractivity contribution is 5.39. The fourth-order valence-electron chi connectivity index (χ4n) is 1.66. The Bertz CT molecular complexity index is 488. The number of anilines is 1. The fraction of sp³-hybridized carbons (Fsp3) is 0.500. The zero-order chi connectivity index (χ0) is 13.0. The summed E-state index contributed by atoms with van der Waals surface area (Å²) in [7, 11) is 1.69. The van der Waals surface area contributed by atoms with E-state index in [9.17, 15) is 0 Å². The van der Waals surface area contributed by atoms with Crippen molar-refractivity contribution >= 4 is 5.95 Å². The molecule has 0 aliphatic carbocycles. The van der Waals surface area contributed by atoms with E-state index < -0.39 is 0 Å². The minimum absolute atomic E-state index is 0.342. The van der Waals surface area contributed by atoms with Gasteiger partial charge in [-0.25, -0.2) is 4.98 Å². The number of nitrogens with zero attached hydrogens (tertiary/aromatic N) is 4. The minimum Gasteiger partial charge on any atom is -0.383 e. The highest BCUT2D eigenvalue weighted by Crippen LogP contribution is 2.14. The lowest BCUT2D eigenvalue weighted by Crippen LogP contribution is -2.13. The highest BCUT2D eigenvalue weighted by Gasteiger charge is 2.07. The number of rotatable bonds is 6. The summed E-state index contributed by atoms with van der Waals surface area (Å²) in [5.74, 6) is 0.830. The largest absolute Gasteiger partial charge is 0.383 e. The zero-order valence-electron chi connectivity index (χ0n) is 11.0. The maximum Gasteiger partial charge on any atom is 0.207 e. The van der Waals surface area contributed by atoms with E-state index in [0.717, 1.165) is 18.2 Å². The Balaban J connectivity index is 2.15. The molecule has 0 saturated heterocycles. The Morgan fingerprint density at radius 2 is 2.28 bits per heavy atom. The van der Waals surface area contributed by atoms with Crippen LogP contribution in [0.25, 0.3) is 5.69 Å². The molecular weight excluding hydrogens is 230 g/mol. The van der Waals surface area contributed by atoms with E-state index >= 15 is 0 Å². The van der Waals surface area contributed by atoms with Gasteiger partial charge in [-0.05, 0) is 13.8 Å². The van der Waals surface area contributed by atoms with E-state index in [1.807, 2.05) is 27.8 Å². The van der Waals surface area contributed by atoms with Crippen molar-refractivity contribution in [1.29, 1.82) is 0 Å². The van der Waals surface area contributed by atoms with Crippen molar-refractivity contribution in [3.8, 4) is 5.69 Å². The normalized spacial score (nSPS) is 11.1. The van der Waals surface area contributed by atoms with E-state index in [1.165, 1.54) is 0 Å². The number of methoxy groups -OCH3 is 1. The zero-order valence-corrected chi connectivity index (χ0v) is 11.0. The number of hydrogen-bond donors (Lipinski definition) is 1. The first-order valence-electron chi connectivity index (χ1n) is 6.02. The average molecular weight is 249 g/mol. The van der Waals surface area contributed by atoms with Crippen LogP contribution in [-0.2, 0) is 11.3 Å². The molecule has 0 radical (unpaired) electrons. The van der Waals surface area contributed by atoms with Crippen LogP contribution >= 0.6 is 0 Å². The number of nitrogens with one attached hydrogen (secondary N) is 1. The monoisotopic (exact) mass is 249 g/mol. The van der Waals surface area contributed by atoms with Crippen LogP contribution in [0, 0.1) is 0 Å². The van der Waals surface area contributed by atoms with E-state index in [0.29, 0.717) is 12.6 Å². The lowest BCUT2D eigenvalue weighted by Gasteiger charge is -2.10. The third-order valence-electron chi connectivity index (χ3n) is 2.48. The topological polar surface area (TPSA) is 56.9 Å². The van der Waals surface area contributed by atoms with Crippen molar-refractivity contribution in [3.63, 3.8) is 0 Å². The molecule has 0 aliphatic rings. The van der Waals surface area contributed by atoms with Crippen molar-refractivity contribution < 1.29 is 4.74 Å². The van der Waals surface area contributed by atoms with Gasteiger partial charge in [-0.1, -0.05) is 0 Å². The second-order valence-electron chi connectivity index (χ2n) is 4.37. The molecule has 2 aromatic rings. The molecule has 0 bridgehead atoms. The third kappa shape index (κ3) is 2.89. The van der Waals surface area contributed by atoms with Gasteiger partial charge < -0.3 is 10.1 Å². The quantitative estimate of drug-likeness (QED) is 0.843. The Hall–Kier alpha value is -1.82. The maximum absolute atomic E-state index is 5.03. The second-order valence-corrected chi connectivity index (χ2v) is 4.37. The SMILES string of the molecule is COCCn1cc(-n2ccnc2NC(C)C)cn1. The molecule has 0 unspecified atom stereocenters. The first-order valence-corrected chi connectivity index (χ1v) is 6.02. The molecule has 6 heteroatoms. The summed E-state index contributed by atoms with van der Waals surface area (Å²) < 4.78 is 8.87. The van der Waals surface area contributed by atoms with Crippen LogP contribution in [0.1, 0.15) is 13.8 Å². The number of hydrogen-bond acceptors (Lipinski definition) is 4. The number of ether oxygens (including phenoxy) is 1. The molecule has 0 aromatic carbocycles. The molecular formula is C12H19N5O. The second kappa shape index (κ2) is 5.68. The van der Waals surface area contributed by atoms with Crippen molar-refractivity contribution in [2.24, 2.45) is 0 Å². The molecule has 18 heavy (non-hydrogen) atoms. The molecule has 6 nitrogen and oxygen atoms in total. The summed E-state index contributed by atoms with van der Waals surface area (Å²) in [5, 5.41) is 7.58. The number of aromatic nitrogens is 4. The maximum atomic E-state index is 5.03. The van der Waals surface area contributed by atoms with Crippen LogP contribution < -0.4 is 5.32 Å². The Labute approximate surface area is 107 Å². The van der Waals surface area contributed by atoms with Crippen molar-refractivity contribution in [1.82, 2.24) is 19.3 Å². The van der Waals surface area contributed by atoms with E-state index in [1.54, 1.807) is 13.3 Å².